The van der Waals surface area contributed by atoms with Gasteiger partial charge in [0.25, 0.3) is 0 Å². The van der Waals surface area contributed by atoms with Gasteiger partial charge in [-0.15, -0.1) is 0 Å². The van der Waals surface area contributed by atoms with Gasteiger partial charge in [0.2, 0.25) is 0 Å². The molecule has 1 amide bonds. The Labute approximate surface area is 99.1 Å². The van der Waals surface area contributed by atoms with Crippen LogP contribution in [0.25, 0.3) is 0 Å². The summed E-state index contributed by atoms with van der Waals surface area (Å²) < 4.78 is 10.6. The average Bonchev–Trinajstić information content (AvgIpc) is 2.77. The van der Waals surface area contributed by atoms with Crippen LogP contribution in [0, 0.1) is 0 Å². The largest absolute Gasteiger partial charge is 0.497 e. The van der Waals surface area contributed by atoms with Crippen LogP contribution >= 0.6 is 0 Å². The van der Waals surface area contributed by atoms with Gasteiger partial charge in [0, 0.05) is 24.6 Å². The third kappa shape index (κ3) is 1.54. The summed E-state index contributed by atoms with van der Waals surface area (Å²) in [5, 5.41) is 5.95. The van der Waals surface area contributed by atoms with Crippen LogP contribution in [0.4, 0.5) is 10.5 Å². The number of hydrogen-bond acceptors (Lipinski definition) is 4. The summed E-state index contributed by atoms with van der Waals surface area (Å²) in [4.78, 5) is 11.6. The topological polar surface area (TPSA) is 59.6 Å². The van der Waals surface area contributed by atoms with Gasteiger partial charge in [-0.1, -0.05) is 0 Å². The first kappa shape index (κ1) is 10.4. The van der Waals surface area contributed by atoms with Crippen molar-refractivity contribution in [2.75, 3.05) is 25.5 Å². The van der Waals surface area contributed by atoms with E-state index in [1.807, 2.05) is 18.2 Å². The Hall–Kier alpha value is -1.75. The molecule has 1 saturated heterocycles. The fraction of sp³-hybridized carbons (Fsp3) is 0.417. The predicted octanol–water partition coefficient (Wildman–Crippen LogP) is 1.45. The molecule has 90 valence electrons. The van der Waals surface area contributed by atoms with Crippen molar-refractivity contribution >= 4 is 11.8 Å². The van der Waals surface area contributed by atoms with Crippen molar-refractivity contribution in [1.82, 2.24) is 5.32 Å². The number of ether oxygens (including phenoxy) is 2. The van der Waals surface area contributed by atoms with Gasteiger partial charge in [0.1, 0.15) is 5.75 Å². The maximum Gasteiger partial charge on any atom is 0.412 e. The lowest BCUT2D eigenvalue weighted by Gasteiger charge is -2.34. The van der Waals surface area contributed by atoms with Gasteiger partial charge in [0.05, 0.1) is 12.8 Å². The first-order valence-electron chi connectivity index (χ1n) is 5.63. The highest BCUT2D eigenvalue weighted by Crippen LogP contribution is 2.41. The Kier molecular flexibility index (Phi) is 2.22. The SMILES string of the molecule is COc1ccc2c(c1)NC(=O)OC21CCNC1. The van der Waals surface area contributed by atoms with Gasteiger partial charge in [-0.3, -0.25) is 5.32 Å². The molecule has 1 atom stereocenters. The molecule has 1 aromatic carbocycles. The first-order chi connectivity index (χ1) is 8.23. The minimum Gasteiger partial charge on any atom is -0.497 e. The van der Waals surface area contributed by atoms with E-state index in [4.69, 9.17) is 9.47 Å². The van der Waals surface area contributed by atoms with E-state index in [9.17, 15) is 4.79 Å². The van der Waals surface area contributed by atoms with Crippen molar-refractivity contribution in [1.29, 1.82) is 0 Å². The van der Waals surface area contributed by atoms with Gasteiger partial charge in [0.15, 0.2) is 5.60 Å². The van der Waals surface area contributed by atoms with Gasteiger partial charge in [-0.05, 0) is 18.7 Å². The van der Waals surface area contributed by atoms with E-state index >= 15 is 0 Å². The number of amides is 1. The second kappa shape index (κ2) is 3.63. The zero-order chi connectivity index (χ0) is 11.9. The van der Waals surface area contributed by atoms with E-state index in [0.717, 1.165) is 30.0 Å². The second-order valence-corrected chi connectivity index (χ2v) is 4.35. The van der Waals surface area contributed by atoms with Gasteiger partial charge < -0.3 is 14.8 Å². The predicted molar refractivity (Wildman–Crippen MR) is 62.3 cm³/mol. The van der Waals surface area contributed by atoms with E-state index in [0.29, 0.717) is 6.54 Å². The van der Waals surface area contributed by atoms with Gasteiger partial charge >= 0.3 is 6.09 Å². The number of benzene rings is 1. The molecule has 0 bridgehead atoms. The molecule has 2 aliphatic heterocycles. The summed E-state index contributed by atoms with van der Waals surface area (Å²) in [5.41, 5.74) is 1.29. The Balaban J connectivity index is 2.10. The van der Waals surface area contributed by atoms with E-state index in [2.05, 4.69) is 10.6 Å². The molecule has 1 fully saturated rings. The Morgan fingerprint density at radius 3 is 3.06 bits per heavy atom. The molecule has 5 nitrogen and oxygen atoms in total. The number of carbonyl (C=O) groups is 1. The molecule has 2 N–H and O–H groups in total. The van der Waals surface area contributed by atoms with Crippen molar-refractivity contribution in [2.45, 2.75) is 12.0 Å². The van der Waals surface area contributed by atoms with Crippen LogP contribution in [0.1, 0.15) is 12.0 Å². The minimum absolute atomic E-state index is 0.394. The van der Waals surface area contributed by atoms with E-state index in [-0.39, 0.29) is 0 Å². The Bertz CT molecular complexity index is 467. The number of nitrogens with one attached hydrogen (secondary N) is 2. The minimum atomic E-state index is -0.510. The van der Waals surface area contributed by atoms with Crippen LogP contribution in [0.2, 0.25) is 0 Å². The molecular weight excluding hydrogens is 220 g/mol. The molecule has 0 saturated carbocycles. The lowest BCUT2D eigenvalue weighted by Crippen LogP contribution is -2.41. The van der Waals surface area contributed by atoms with Crippen molar-refractivity contribution in [2.24, 2.45) is 0 Å². The standard InChI is InChI=1S/C12H14N2O3/c1-16-8-2-3-9-10(6-8)14-11(15)17-12(9)4-5-13-7-12/h2-3,6,13H,4-5,7H2,1H3,(H,14,15). The maximum absolute atomic E-state index is 11.6. The molecule has 1 unspecified atom stereocenters. The van der Waals surface area contributed by atoms with E-state index < -0.39 is 11.7 Å². The van der Waals surface area contributed by atoms with Crippen molar-refractivity contribution in [3.63, 3.8) is 0 Å². The number of carbonyl (C=O) groups excluding carboxylic acids is 1. The molecule has 2 heterocycles. The number of fused-ring (bicyclic) bond motifs is 2. The number of rotatable bonds is 1. The molecule has 1 aromatic rings. The molecular formula is C12H14N2O3. The van der Waals surface area contributed by atoms with E-state index in [1.165, 1.54) is 0 Å². The van der Waals surface area contributed by atoms with Crippen molar-refractivity contribution in [3.05, 3.63) is 23.8 Å². The summed E-state index contributed by atoms with van der Waals surface area (Å²) in [6.45, 7) is 1.53. The van der Waals surface area contributed by atoms with Crippen molar-refractivity contribution < 1.29 is 14.3 Å². The number of methoxy groups -OCH3 is 1. The smallest absolute Gasteiger partial charge is 0.412 e. The van der Waals surface area contributed by atoms with Crippen LogP contribution in [-0.2, 0) is 10.3 Å². The quantitative estimate of drug-likeness (QED) is 0.772. The second-order valence-electron chi connectivity index (χ2n) is 4.35. The molecule has 0 aliphatic carbocycles. The summed E-state index contributed by atoms with van der Waals surface area (Å²) in [6, 6.07) is 5.68. The van der Waals surface area contributed by atoms with Gasteiger partial charge in [-0.2, -0.15) is 0 Å². The van der Waals surface area contributed by atoms with Crippen LogP contribution in [-0.4, -0.2) is 26.3 Å². The number of anilines is 1. The molecule has 2 aliphatic rings. The normalized spacial score (nSPS) is 26.3. The first-order valence-corrected chi connectivity index (χ1v) is 5.63. The van der Waals surface area contributed by atoms with Crippen LogP contribution in [0.5, 0.6) is 5.75 Å². The summed E-state index contributed by atoms with van der Waals surface area (Å²) in [6.07, 6.45) is 0.411. The van der Waals surface area contributed by atoms with E-state index in [1.54, 1.807) is 7.11 Å². The monoisotopic (exact) mass is 234 g/mol. The molecule has 5 heteroatoms. The summed E-state index contributed by atoms with van der Waals surface area (Å²) >= 11 is 0. The van der Waals surface area contributed by atoms with Crippen LogP contribution in [0.15, 0.2) is 18.2 Å². The Morgan fingerprint density at radius 2 is 2.35 bits per heavy atom. The highest BCUT2D eigenvalue weighted by Gasteiger charge is 2.44. The highest BCUT2D eigenvalue weighted by molar-refractivity contribution is 5.89. The fourth-order valence-electron chi connectivity index (χ4n) is 2.50. The molecule has 0 aromatic heterocycles. The van der Waals surface area contributed by atoms with Crippen LogP contribution < -0.4 is 15.4 Å². The average molecular weight is 234 g/mol. The van der Waals surface area contributed by atoms with Crippen molar-refractivity contribution in [3.8, 4) is 5.75 Å². The maximum atomic E-state index is 11.6. The lowest BCUT2D eigenvalue weighted by molar-refractivity contribution is 0.0277. The third-order valence-electron chi connectivity index (χ3n) is 3.36. The highest BCUT2D eigenvalue weighted by atomic mass is 16.6. The Morgan fingerprint density at radius 1 is 1.47 bits per heavy atom. The molecule has 17 heavy (non-hydrogen) atoms. The molecule has 3 rings (SSSR count). The zero-order valence-electron chi connectivity index (χ0n) is 9.58. The third-order valence-corrected chi connectivity index (χ3v) is 3.36. The zero-order valence-corrected chi connectivity index (χ0v) is 9.58. The van der Waals surface area contributed by atoms with Gasteiger partial charge in [-0.25, -0.2) is 4.79 Å². The summed E-state index contributed by atoms with van der Waals surface area (Å²) in [7, 11) is 1.61. The molecule has 1 spiro atoms. The summed E-state index contributed by atoms with van der Waals surface area (Å²) in [5.74, 6) is 0.729. The number of hydrogen-bond donors (Lipinski definition) is 2. The lowest BCUT2D eigenvalue weighted by atomic mass is 9.90. The van der Waals surface area contributed by atoms with Crippen LogP contribution in [0.3, 0.4) is 0 Å². The molecule has 0 radical (unpaired) electrons. The fourth-order valence-corrected chi connectivity index (χ4v) is 2.50.